The summed E-state index contributed by atoms with van der Waals surface area (Å²) < 4.78 is 1.50. The minimum absolute atomic E-state index is 0.00200. The first-order chi connectivity index (χ1) is 12.0. The van der Waals surface area contributed by atoms with Gasteiger partial charge < -0.3 is 20.3 Å². The molecule has 0 radical (unpaired) electrons. The number of hydrogen-bond donors (Lipinski definition) is 1. The molecule has 2 aromatic rings. The molecule has 2 aromatic heterocycles. The molecular formula is C16H22N6O3. The van der Waals surface area contributed by atoms with E-state index in [4.69, 9.17) is 0 Å². The zero-order valence-electron chi connectivity index (χ0n) is 14.4. The van der Waals surface area contributed by atoms with Gasteiger partial charge >= 0.3 is 5.82 Å². The van der Waals surface area contributed by atoms with E-state index in [9.17, 15) is 14.9 Å². The summed E-state index contributed by atoms with van der Waals surface area (Å²) in [4.78, 5) is 31.4. The Balaban J connectivity index is 1.71. The maximum atomic E-state index is 11.9. The molecule has 1 N–H and O–H groups in total. The van der Waals surface area contributed by atoms with Crippen molar-refractivity contribution < 1.29 is 9.72 Å². The number of nitro groups is 1. The van der Waals surface area contributed by atoms with Crippen LogP contribution in [0.4, 0.5) is 11.6 Å². The van der Waals surface area contributed by atoms with Crippen molar-refractivity contribution in [2.45, 2.75) is 19.9 Å². The number of nitrogens with one attached hydrogen (secondary N) is 1. The summed E-state index contributed by atoms with van der Waals surface area (Å²) in [5, 5.41) is 14.4. The molecule has 0 bridgehead atoms. The van der Waals surface area contributed by atoms with Gasteiger partial charge in [0, 0.05) is 38.3 Å². The zero-order valence-corrected chi connectivity index (χ0v) is 14.4. The van der Waals surface area contributed by atoms with Gasteiger partial charge in [0.05, 0.1) is 12.7 Å². The Bertz CT molecular complexity index is 779. The summed E-state index contributed by atoms with van der Waals surface area (Å²) in [6.07, 6.45) is 1.65. The molecule has 9 heteroatoms. The number of piperazine rings is 1. The van der Waals surface area contributed by atoms with Crippen molar-refractivity contribution >= 4 is 23.2 Å². The number of hydrogen-bond acceptors (Lipinski definition) is 6. The second-order valence-electron chi connectivity index (χ2n) is 6.43. The first kappa shape index (κ1) is 17.2. The average molecular weight is 346 g/mol. The molecule has 3 rings (SSSR count). The van der Waals surface area contributed by atoms with Crippen LogP contribution in [0.5, 0.6) is 0 Å². The summed E-state index contributed by atoms with van der Waals surface area (Å²) in [7, 11) is 0. The van der Waals surface area contributed by atoms with Crippen molar-refractivity contribution in [3.63, 3.8) is 0 Å². The van der Waals surface area contributed by atoms with Gasteiger partial charge in [0.15, 0.2) is 0 Å². The Morgan fingerprint density at radius 2 is 2.04 bits per heavy atom. The molecule has 9 nitrogen and oxygen atoms in total. The van der Waals surface area contributed by atoms with Crippen molar-refractivity contribution in [2.24, 2.45) is 0 Å². The van der Waals surface area contributed by atoms with Crippen molar-refractivity contribution in [2.75, 3.05) is 37.6 Å². The molecule has 25 heavy (non-hydrogen) atoms. The summed E-state index contributed by atoms with van der Waals surface area (Å²) in [6.45, 7) is 6.72. The standard InChI is InChI=1S/C16H22N6O3/c1-12(2)17-14(23)11-19-7-9-20(10-8-19)15-16(22(24)25)21-6-4-3-5-13(21)18-15/h3-6,12H,7-11H2,1-2H3,(H,17,23). The zero-order chi connectivity index (χ0) is 18.0. The van der Waals surface area contributed by atoms with Gasteiger partial charge in [-0.3, -0.25) is 9.69 Å². The maximum Gasteiger partial charge on any atom is 0.372 e. The van der Waals surface area contributed by atoms with Gasteiger partial charge in [0.1, 0.15) is 0 Å². The molecule has 1 amide bonds. The SMILES string of the molecule is CC(C)NC(=O)CN1CCN(c2nc3ccccn3c2[N+](=O)[O-])CC1. The van der Waals surface area contributed by atoms with E-state index in [1.165, 1.54) is 4.40 Å². The first-order valence-corrected chi connectivity index (χ1v) is 8.34. The van der Waals surface area contributed by atoms with Crippen LogP contribution < -0.4 is 10.2 Å². The maximum absolute atomic E-state index is 11.9. The highest BCUT2D eigenvalue weighted by atomic mass is 16.6. The van der Waals surface area contributed by atoms with Crippen molar-refractivity contribution in [1.29, 1.82) is 0 Å². The van der Waals surface area contributed by atoms with Crippen LogP contribution in [0.3, 0.4) is 0 Å². The van der Waals surface area contributed by atoms with Crippen LogP contribution in [0.15, 0.2) is 24.4 Å². The van der Waals surface area contributed by atoms with Crippen molar-refractivity contribution in [1.82, 2.24) is 19.6 Å². The molecule has 3 heterocycles. The second kappa shape index (κ2) is 7.06. The van der Waals surface area contributed by atoms with Crippen LogP contribution >= 0.6 is 0 Å². The molecule has 1 aliphatic rings. The van der Waals surface area contributed by atoms with Gasteiger partial charge in [-0.25, -0.2) is 0 Å². The summed E-state index contributed by atoms with van der Waals surface area (Å²) in [5.41, 5.74) is 0.558. The molecule has 0 spiro atoms. The number of aromatic nitrogens is 2. The molecule has 1 fully saturated rings. The van der Waals surface area contributed by atoms with E-state index in [1.54, 1.807) is 24.4 Å². The van der Waals surface area contributed by atoms with E-state index < -0.39 is 4.92 Å². The fraction of sp³-hybridized carbons (Fsp3) is 0.500. The molecule has 0 atom stereocenters. The third kappa shape index (κ3) is 3.71. The number of nitrogens with zero attached hydrogens (tertiary/aromatic N) is 5. The lowest BCUT2D eigenvalue weighted by Crippen LogP contribution is -2.50. The highest BCUT2D eigenvalue weighted by molar-refractivity contribution is 5.78. The largest absolute Gasteiger partial charge is 0.372 e. The Labute approximate surface area is 145 Å². The molecule has 134 valence electrons. The summed E-state index contributed by atoms with van der Waals surface area (Å²) >= 11 is 0. The summed E-state index contributed by atoms with van der Waals surface area (Å²) in [6, 6.07) is 5.43. The number of carbonyl (C=O) groups excluding carboxylic acids is 1. The lowest BCUT2D eigenvalue weighted by atomic mass is 10.3. The average Bonchev–Trinajstić information content (AvgIpc) is 2.94. The lowest BCUT2D eigenvalue weighted by Gasteiger charge is -2.34. The number of anilines is 1. The van der Waals surface area contributed by atoms with Crippen LogP contribution in [0, 0.1) is 10.1 Å². The molecular weight excluding hydrogens is 324 g/mol. The summed E-state index contributed by atoms with van der Waals surface area (Å²) in [5.74, 6) is 0.381. The number of carbonyl (C=O) groups is 1. The van der Waals surface area contributed by atoms with Crippen LogP contribution in [-0.2, 0) is 4.79 Å². The van der Waals surface area contributed by atoms with Gasteiger partial charge in [-0.15, -0.1) is 0 Å². The van der Waals surface area contributed by atoms with Gasteiger partial charge in [-0.1, -0.05) is 6.07 Å². The fourth-order valence-corrected chi connectivity index (χ4v) is 3.04. The van der Waals surface area contributed by atoms with E-state index >= 15 is 0 Å². The van der Waals surface area contributed by atoms with Gasteiger partial charge in [-0.2, -0.15) is 9.38 Å². The van der Waals surface area contributed by atoms with Gasteiger partial charge in [-0.05, 0) is 24.8 Å². The topological polar surface area (TPSA) is 96.0 Å². The Morgan fingerprint density at radius 3 is 2.68 bits per heavy atom. The molecule has 1 saturated heterocycles. The molecule has 0 aliphatic carbocycles. The van der Waals surface area contributed by atoms with Crippen LogP contribution in [0.1, 0.15) is 13.8 Å². The van der Waals surface area contributed by atoms with Crippen molar-refractivity contribution in [3.8, 4) is 0 Å². The number of pyridine rings is 1. The van der Waals surface area contributed by atoms with E-state index in [1.807, 2.05) is 18.7 Å². The van der Waals surface area contributed by atoms with E-state index in [0.29, 0.717) is 44.2 Å². The normalized spacial score (nSPS) is 15.7. The van der Waals surface area contributed by atoms with Crippen LogP contribution in [0.2, 0.25) is 0 Å². The van der Waals surface area contributed by atoms with E-state index in [2.05, 4.69) is 15.2 Å². The van der Waals surface area contributed by atoms with E-state index in [0.717, 1.165) is 0 Å². The lowest BCUT2D eigenvalue weighted by molar-refractivity contribution is -0.389. The second-order valence-corrected chi connectivity index (χ2v) is 6.43. The smallest absolute Gasteiger partial charge is 0.358 e. The third-order valence-electron chi connectivity index (χ3n) is 4.15. The number of amides is 1. The molecule has 0 unspecified atom stereocenters. The van der Waals surface area contributed by atoms with Gasteiger partial charge in [0.25, 0.3) is 0 Å². The fourth-order valence-electron chi connectivity index (χ4n) is 3.04. The predicted molar refractivity (Wildman–Crippen MR) is 93.8 cm³/mol. The monoisotopic (exact) mass is 346 g/mol. The van der Waals surface area contributed by atoms with Gasteiger partial charge in [0.2, 0.25) is 17.4 Å². The highest BCUT2D eigenvalue weighted by Gasteiger charge is 2.29. The number of imidazole rings is 1. The Kier molecular flexibility index (Phi) is 4.84. The number of rotatable bonds is 5. The Morgan fingerprint density at radius 1 is 1.32 bits per heavy atom. The first-order valence-electron chi connectivity index (χ1n) is 8.34. The highest BCUT2D eigenvalue weighted by Crippen LogP contribution is 2.29. The number of fused-ring (bicyclic) bond motifs is 1. The predicted octanol–water partition coefficient (Wildman–Crippen LogP) is 0.889. The molecule has 0 aromatic carbocycles. The minimum atomic E-state index is -0.391. The molecule has 0 saturated carbocycles. The van der Waals surface area contributed by atoms with E-state index in [-0.39, 0.29) is 17.8 Å². The third-order valence-corrected chi connectivity index (χ3v) is 4.15. The van der Waals surface area contributed by atoms with Crippen LogP contribution in [-0.4, -0.2) is 63.9 Å². The quantitative estimate of drug-likeness (QED) is 0.638. The Hall–Kier alpha value is -2.68. The van der Waals surface area contributed by atoms with Crippen LogP contribution in [0.25, 0.3) is 5.65 Å². The minimum Gasteiger partial charge on any atom is -0.358 e. The molecule has 1 aliphatic heterocycles. The van der Waals surface area contributed by atoms with Crippen molar-refractivity contribution in [3.05, 3.63) is 34.5 Å².